The highest BCUT2D eigenvalue weighted by Gasteiger charge is 2.37. The Bertz CT molecular complexity index is 239. The number of hydrogen-bond acceptors (Lipinski definition) is 2. The molecular formula is C9H12O2Si. The largest absolute Gasteiger partial charge is 0.484 e. The SMILES string of the molecule is C=C1C=CC(=O)C(CC)([Si]C)O1. The number of ketones is 1. The van der Waals surface area contributed by atoms with Crippen LogP contribution in [-0.4, -0.2) is 20.5 Å². The van der Waals surface area contributed by atoms with Gasteiger partial charge in [-0.05, 0) is 18.6 Å². The molecule has 0 spiro atoms. The minimum absolute atomic E-state index is 0.0678. The van der Waals surface area contributed by atoms with E-state index in [2.05, 4.69) is 6.58 Å². The summed E-state index contributed by atoms with van der Waals surface area (Å²) in [5, 5.41) is -0.605. The molecule has 1 heterocycles. The van der Waals surface area contributed by atoms with E-state index < -0.39 is 5.22 Å². The first-order valence-electron chi connectivity index (χ1n) is 3.94. The summed E-state index contributed by atoms with van der Waals surface area (Å²) < 4.78 is 5.47. The van der Waals surface area contributed by atoms with Gasteiger partial charge in [0, 0.05) is 0 Å². The zero-order chi connectivity index (χ0) is 9.19. The normalized spacial score (nSPS) is 28.8. The minimum atomic E-state index is -0.605. The van der Waals surface area contributed by atoms with Crippen LogP contribution in [0.15, 0.2) is 24.5 Å². The lowest BCUT2D eigenvalue weighted by atomic mass is 10.1. The lowest BCUT2D eigenvalue weighted by molar-refractivity contribution is -0.127. The fourth-order valence-electron chi connectivity index (χ4n) is 1.21. The summed E-state index contributed by atoms with van der Waals surface area (Å²) >= 11 is 0. The van der Waals surface area contributed by atoms with Crippen LogP contribution in [0.25, 0.3) is 0 Å². The molecule has 0 amide bonds. The molecule has 1 unspecified atom stereocenters. The number of allylic oxidation sites excluding steroid dienone is 1. The number of ether oxygens (including phenoxy) is 1. The van der Waals surface area contributed by atoms with Gasteiger partial charge in [-0.2, -0.15) is 0 Å². The van der Waals surface area contributed by atoms with Crippen LogP contribution in [0.2, 0.25) is 6.55 Å². The molecule has 1 atom stereocenters. The molecule has 1 aliphatic heterocycles. The fourth-order valence-corrected chi connectivity index (χ4v) is 2.13. The summed E-state index contributed by atoms with van der Waals surface area (Å²) in [6.45, 7) is 7.62. The second-order valence-electron chi connectivity index (χ2n) is 2.70. The summed E-state index contributed by atoms with van der Waals surface area (Å²) in [4.78, 5) is 11.5. The van der Waals surface area contributed by atoms with E-state index in [9.17, 15) is 4.79 Å². The van der Waals surface area contributed by atoms with E-state index in [-0.39, 0.29) is 5.78 Å². The Hall–Kier alpha value is -0.833. The summed E-state index contributed by atoms with van der Waals surface area (Å²) in [6, 6.07) is 0. The molecule has 1 rings (SSSR count). The Morgan fingerprint density at radius 1 is 1.67 bits per heavy atom. The monoisotopic (exact) mass is 180 g/mol. The third-order valence-corrected chi connectivity index (χ3v) is 3.54. The van der Waals surface area contributed by atoms with Gasteiger partial charge in [0.25, 0.3) is 0 Å². The molecule has 0 saturated carbocycles. The van der Waals surface area contributed by atoms with Crippen molar-refractivity contribution in [3.8, 4) is 0 Å². The molecule has 3 heteroatoms. The number of carbonyl (C=O) groups is 1. The van der Waals surface area contributed by atoms with Crippen LogP contribution in [0.1, 0.15) is 13.3 Å². The molecule has 0 aromatic rings. The first-order valence-corrected chi connectivity index (χ1v) is 5.44. The Morgan fingerprint density at radius 2 is 2.33 bits per heavy atom. The molecule has 2 nitrogen and oxygen atoms in total. The van der Waals surface area contributed by atoms with Gasteiger partial charge in [-0.25, -0.2) is 0 Å². The molecule has 0 fully saturated rings. The molecule has 12 heavy (non-hydrogen) atoms. The van der Waals surface area contributed by atoms with Crippen LogP contribution in [0.5, 0.6) is 0 Å². The van der Waals surface area contributed by atoms with Gasteiger partial charge in [-0.15, -0.1) is 0 Å². The molecule has 0 aromatic heterocycles. The minimum Gasteiger partial charge on any atom is -0.484 e. The summed E-state index contributed by atoms with van der Waals surface area (Å²) in [5.74, 6) is 0.657. The number of rotatable bonds is 2. The molecule has 0 bridgehead atoms. The van der Waals surface area contributed by atoms with Crippen molar-refractivity contribution in [3.05, 3.63) is 24.5 Å². The topological polar surface area (TPSA) is 26.3 Å². The molecule has 0 aliphatic carbocycles. The lowest BCUT2D eigenvalue weighted by Gasteiger charge is -2.32. The average Bonchev–Trinajstić information content (AvgIpc) is 2.09. The second kappa shape index (κ2) is 3.27. The van der Waals surface area contributed by atoms with E-state index >= 15 is 0 Å². The maximum Gasteiger partial charge on any atom is 0.194 e. The van der Waals surface area contributed by atoms with Gasteiger partial charge in [-0.3, -0.25) is 4.79 Å². The van der Waals surface area contributed by atoms with E-state index in [1.807, 2.05) is 13.5 Å². The Labute approximate surface area is 75.1 Å². The first kappa shape index (κ1) is 9.26. The Morgan fingerprint density at radius 3 is 2.75 bits per heavy atom. The second-order valence-corrected chi connectivity index (χ2v) is 4.00. The van der Waals surface area contributed by atoms with E-state index in [0.29, 0.717) is 21.7 Å². The molecule has 0 N–H and O–H groups in total. The molecule has 64 valence electrons. The highest BCUT2D eigenvalue weighted by molar-refractivity contribution is 6.46. The zero-order valence-corrected chi connectivity index (χ0v) is 8.39. The quantitative estimate of drug-likeness (QED) is 0.602. The van der Waals surface area contributed by atoms with Crippen molar-refractivity contribution >= 4 is 15.3 Å². The standard InChI is InChI=1S/C9H12O2Si/c1-4-9(12-3)8(10)6-5-7(2)11-9/h5-6H,2,4H2,1,3H3. The van der Waals surface area contributed by atoms with Crippen molar-refractivity contribution in [3.63, 3.8) is 0 Å². The molecule has 2 radical (unpaired) electrons. The van der Waals surface area contributed by atoms with Crippen molar-refractivity contribution < 1.29 is 9.53 Å². The highest BCUT2D eigenvalue weighted by atomic mass is 28.2. The van der Waals surface area contributed by atoms with Gasteiger partial charge in [-0.1, -0.05) is 20.0 Å². The van der Waals surface area contributed by atoms with Crippen LogP contribution >= 0.6 is 0 Å². The van der Waals surface area contributed by atoms with Crippen LogP contribution in [-0.2, 0) is 9.53 Å². The van der Waals surface area contributed by atoms with E-state index in [4.69, 9.17) is 4.74 Å². The third kappa shape index (κ3) is 1.36. The van der Waals surface area contributed by atoms with Crippen LogP contribution in [0, 0.1) is 0 Å². The van der Waals surface area contributed by atoms with Gasteiger partial charge < -0.3 is 4.74 Å². The van der Waals surface area contributed by atoms with Crippen LogP contribution in [0.3, 0.4) is 0 Å². The van der Waals surface area contributed by atoms with Gasteiger partial charge in [0.1, 0.15) is 15.3 Å². The Balaban J connectivity index is 2.96. The molecule has 1 aliphatic rings. The smallest absolute Gasteiger partial charge is 0.194 e. The Kier molecular flexibility index (Phi) is 2.52. The van der Waals surface area contributed by atoms with Crippen molar-refractivity contribution in [2.24, 2.45) is 0 Å². The first-order chi connectivity index (χ1) is 5.64. The highest BCUT2D eigenvalue weighted by Crippen LogP contribution is 2.24. The number of hydrogen-bond donors (Lipinski definition) is 0. The maximum atomic E-state index is 11.5. The number of carbonyl (C=O) groups excluding carboxylic acids is 1. The summed E-state index contributed by atoms with van der Waals surface area (Å²) in [5.41, 5.74) is 0. The predicted octanol–water partition coefficient (Wildman–Crippen LogP) is 1.51. The van der Waals surface area contributed by atoms with Crippen molar-refractivity contribution in [1.82, 2.24) is 0 Å². The molecular weight excluding hydrogens is 168 g/mol. The van der Waals surface area contributed by atoms with Crippen molar-refractivity contribution in [2.45, 2.75) is 25.1 Å². The molecule has 0 saturated heterocycles. The van der Waals surface area contributed by atoms with Crippen molar-refractivity contribution in [2.75, 3.05) is 0 Å². The third-order valence-electron chi connectivity index (χ3n) is 2.03. The molecule has 0 aromatic carbocycles. The summed E-state index contributed by atoms with van der Waals surface area (Å²) in [6.07, 6.45) is 3.90. The lowest BCUT2D eigenvalue weighted by Crippen LogP contribution is -2.46. The predicted molar refractivity (Wildman–Crippen MR) is 49.0 cm³/mol. The van der Waals surface area contributed by atoms with Gasteiger partial charge >= 0.3 is 0 Å². The fraction of sp³-hybridized carbons (Fsp3) is 0.444. The van der Waals surface area contributed by atoms with E-state index in [0.717, 1.165) is 0 Å². The summed E-state index contributed by atoms with van der Waals surface area (Å²) in [7, 11) is 0.460. The van der Waals surface area contributed by atoms with Crippen LogP contribution < -0.4 is 0 Å². The van der Waals surface area contributed by atoms with Crippen molar-refractivity contribution in [1.29, 1.82) is 0 Å². The average molecular weight is 180 g/mol. The van der Waals surface area contributed by atoms with E-state index in [1.54, 1.807) is 12.2 Å². The van der Waals surface area contributed by atoms with Gasteiger partial charge in [0.05, 0.1) is 0 Å². The van der Waals surface area contributed by atoms with Gasteiger partial charge in [0.2, 0.25) is 0 Å². The van der Waals surface area contributed by atoms with E-state index in [1.165, 1.54) is 0 Å². The zero-order valence-electron chi connectivity index (χ0n) is 7.39. The van der Waals surface area contributed by atoms with Gasteiger partial charge in [0.15, 0.2) is 11.0 Å². The maximum absolute atomic E-state index is 11.5. The van der Waals surface area contributed by atoms with Crippen LogP contribution in [0.4, 0.5) is 0 Å².